The van der Waals surface area contributed by atoms with Crippen molar-refractivity contribution in [3.63, 3.8) is 0 Å². The molecule has 0 aliphatic rings. The van der Waals surface area contributed by atoms with Crippen LogP contribution in [0.5, 0.6) is 0 Å². The zero-order valence-electron chi connectivity index (χ0n) is 9.74. The smallest absolute Gasteiger partial charge is 0.319 e. The van der Waals surface area contributed by atoms with Crippen molar-refractivity contribution in [1.82, 2.24) is 5.32 Å². The largest absolute Gasteiger partial charge is 0.396 e. The van der Waals surface area contributed by atoms with Crippen LogP contribution in [-0.4, -0.2) is 23.8 Å². The number of aliphatic hydroxyl groups is 1. The molecule has 3 N–H and O–H groups in total. The summed E-state index contributed by atoms with van der Waals surface area (Å²) in [5.41, 5.74) is 0.142. The highest BCUT2D eigenvalue weighted by atomic mass is 19.1. The lowest BCUT2D eigenvalue weighted by Gasteiger charge is -2.16. The van der Waals surface area contributed by atoms with E-state index in [-0.39, 0.29) is 18.3 Å². The molecule has 4 nitrogen and oxygen atoms in total. The number of urea groups is 1. The van der Waals surface area contributed by atoms with Crippen molar-refractivity contribution in [3.8, 4) is 0 Å². The fourth-order valence-electron chi connectivity index (χ4n) is 1.44. The normalized spacial score (nSPS) is 11.9. The third-order valence-corrected chi connectivity index (χ3v) is 2.43. The molecule has 0 bridgehead atoms. The third kappa shape index (κ3) is 4.40. The predicted molar refractivity (Wildman–Crippen MR) is 64.3 cm³/mol. The zero-order chi connectivity index (χ0) is 12.7. The number of benzene rings is 1. The average molecular weight is 240 g/mol. The van der Waals surface area contributed by atoms with Gasteiger partial charge in [-0.2, -0.15) is 0 Å². The molecule has 0 saturated heterocycles. The second-order valence-corrected chi connectivity index (χ2v) is 3.70. The molecular weight excluding hydrogens is 223 g/mol. The van der Waals surface area contributed by atoms with Crippen LogP contribution in [0.2, 0.25) is 0 Å². The summed E-state index contributed by atoms with van der Waals surface area (Å²) in [4.78, 5) is 11.5. The quantitative estimate of drug-likeness (QED) is 0.738. The van der Waals surface area contributed by atoms with Crippen LogP contribution in [0.15, 0.2) is 24.3 Å². The van der Waals surface area contributed by atoms with Gasteiger partial charge in [0.2, 0.25) is 0 Å². The van der Waals surface area contributed by atoms with Gasteiger partial charge in [0.15, 0.2) is 0 Å². The van der Waals surface area contributed by atoms with Gasteiger partial charge in [0.25, 0.3) is 0 Å². The van der Waals surface area contributed by atoms with Crippen molar-refractivity contribution in [2.75, 3.05) is 11.9 Å². The van der Waals surface area contributed by atoms with Gasteiger partial charge < -0.3 is 15.7 Å². The van der Waals surface area contributed by atoms with Crippen molar-refractivity contribution in [3.05, 3.63) is 30.1 Å². The van der Waals surface area contributed by atoms with Crippen LogP contribution >= 0.6 is 0 Å². The van der Waals surface area contributed by atoms with E-state index in [2.05, 4.69) is 10.6 Å². The van der Waals surface area contributed by atoms with E-state index in [1.807, 2.05) is 6.92 Å². The molecule has 1 aromatic rings. The van der Waals surface area contributed by atoms with E-state index in [9.17, 15) is 9.18 Å². The van der Waals surface area contributed by atoms with Gasteiger partial charge in [0.05, 0.1) is 5.69 Å². The number of rotatable bonds is 5. The number of aliphatic hydroxyl groups excluding tert-OH is 1. The first kappa shape index (κ1) is 13.4. The van der Waals surface area contributed by atoms with Crippen molar-refractivity contribution >= 4 is 11.7 Å². The molecule has 0 aliphatic heterocycles. The topological polar surface area (TPSA) is 61.4 Å². The molecule has 1 rings (SSSR count). The lowest BCUT2D eigenvalue weighted by atomic mass is 10.2. The van der Waals surface area contributed by atoms with Gasteiger partial charge in [-0.25, -0.2) is 9.18 Å². The number of nitrogens with one attached hydrogen (secondary N) is 2. The Labute approximate surface area is 99.8 Å². The van der Waals surface area contributed by atoms with Crippen LogP contribution in [0.25, 0.3) is 0 Å². The minimum absolute atomic E-state index is 0.0124. The fraction of sp³-hybridized carbons (Fsp3) is 0.417. The second kappa shape index (κ2) is 6.85. The summed E-state index contributed by atoms with van der Waals surface area (Å²) < 4.78 is 13.2. The minimum atomic E-state index is -0.474. The van der Waals surface area contributed by atoms with Crippen LogP contribution in [0.1, 0.15) is 19.8 Å². The van der Waals surface area contributed by atoms with Crippen molar-refractivity contribution < 1.29 is 14.3 Å². The highest BCUT2D eigenvalue weighted by Gasteiger charge is 2.11. The van der Waals surface area contributed by atoms with Gasteiger partial charge in [-0.3, -0.25) is 0 Å². The summed E-state index contributed by atoms with van der Waals surface area (Å²) in [6.07, 6.45) is 1.20. The first-order chi connectivity index (χ1) is 8.17. The minimum Gasteiger partial charge on any atom is -0.396 e. The van der Waals surface area contributed by atoms with E-state index in [1.165, 1.54) is 12.1 Å². The van der Waals surface area contributed by atoms with E-state index >= 15 is 0 Å². The maximum Gasteiger partial charge on any atom is 0.319 e. The van der Waals surface area contributed by atoms with E-state index in [0.717, 1.165) is 0 Å². The molecular formula is C12H17FN2O2. The summed E-state index contributed by atoms with van der Waals surface area (Å²) in [6.45, 7) is 1.92. The Hall–Kier alpha value is -1.62. The molecule has 17 heavy (non-hydrogen) atoms. The molecule has 0 saturated carbocycles. The number of carbonyl (C=O) groups excluding carboxylic acids is 1. The van der Waals surface area contributed by atoms with Crippen molar-refractivity contribution in [2.45, 2.75) is 25.8 Å². The molecule has 94 valence electrons. The molecule has 5 heteroatoms. The predicted octanol–water partition coefficient (Wildman–Crippen LogP) is 2.11. The van der Waals surface area contributed by atoms with Crippen LogP contribution in [0.4, 0.5) is 14.9 Å². The van der Waals surface area contributed by atoms with Gasteiger partial charge in [-0.1, -0.05) is 19.1 Å². The Morgan fingerprint density at radius 1 is 1.47 bits per heavy atom. The number of halogens is 1. The SMILES string of the molecule is CCC(CCO)NC(=O)Nc1ccccc1F. The van der Waals surface area contributed by atoms with Crippen LogP contribution in [0, 0.1) is 5.82 Å². The van der Waals surface area contributed by atoms with Gasteiger partial charge in [0, 0.05) is 12.6 Å². The molecule has 0 aliphatic carbocycles. The number of para-hydroxylation sites is 1. The molecule has 2 amide bonds. The molecule has 0 radical (unpaired) electrons. The number of anilines is 1. The van der Waals surface area contributed by atoms with Gasteiger partial charge in [-0.15, -0.1) is 0 Å². The number of carbonyl (C=O) groups is 1. The molecule has 0 heterocycles. The maximum atomic E-state index is 13.2. The van der Waals surface area contributed by atoms with Gasteiger partial charge in [0.1, 0.15) is 5.82 Å². The summed E-state index contributed by atoms with van der Waals surface area (Å²) in [6, 6.07) is 5.40. The summed E-state index contributed by atoms with van der Waals surface area (Å²) in [5.74, 6) is -0.474. The van der Waals surface area contributed by atoms with E-state index in [4.69, 9.17) is 5.11 Å². The third-order valence-electron chi connectivity index (χ3n) is 2.43. The summed E-state index contributed by atoms with van der Waals surface area (Å²) >= 11 is 0. The molecule has 0 spiro atoms. The lowest BCUT2D eigenvalue weighted by molar-refractivity contribution is 0.237. The Bertz CT molecular complexity index is 371. The van der Waals surface area contributed by atoms with E-state index in [0.29, 0.717) is 12.8 Å². The Balaban J connectivity index is 2.52. The first-order valence-corrected chi connectivity index (χ1v) is 5.60. The lowest BCUT2D eigenvalue weighted by Crippen LogP contribution is -2.38. The van der Waals surface area contributed by atoms with Crippen LogP contribution in [-0.2, 0) is 0 Å². The number of hydrogen-bond acceptors (Lipinski definition) is 2. The highest BCUT2D eigenvalue weighted by Crippen LogP contribution is 2.12. The van der Waals surface area contributed by atoms with Gasteiger partial charge in [-0.05, 0) is 25.0 Å². The fourth-order valence-corrected chi connectivity index (χ4v) is 1.44. The monoisotopic (exact) mass is 240 g/mol. The summed E-state index contributed by atoms with van der Waals surface area (Å²) in [5, 5.41) is 13.9. The Morgan fingerprint density at radius 3 is 2.76 bits per heavy atom. The molecule has 1 unspecified atom stereocenters. The standard InChI is InChI=1S/C12H17FN2O2/c1-2-9(7-8-16)14-12(17)15-11-6-4-3-5-10(11)13/h3-6,9,16H,2,7-8H2,1H3,(H2,14,15,17). The molecule has 1 aromatic carbocycles. The van der Waals surface area contributed by atoms with Crippen molar-refractivity contribution in [1.29, 1.82) is 0 Å². The molecule has 1 atom stereocenters. The van der Waals surface area contributed by atoms with E-state index < -0.39 is 11.8 Å². The molecule has 0 fully saturated rings. The van der Waals surface area contributed by atoms with Crippen LogP contribution in [0.3, 0.4) is 0 Å². The highest BCUT2D eigenvalue weighted by molar-refractivity contribution is 5.89. The van der Waals surface area contributed by atoms with E-state index in [1.54, 1.807) is 12.1 Å². The van der Waals surface area contributed by atoms with Crippen LogP contribution < -0.4 is 10.6 Å². The average Bonchev–Trinajstić information content (AvgIpc) is 2.31. The maximum absolute atomic E-state index is 13.2. The first-order valence-electron chi connectivity index (χ1n) is 5.60. The summed E-state index contributed by atoms with van der Waals surface area (Å²) in [7, 11) is 0. The van der Waals surface area contributed by atoms with Gasteiger partial charge >= 0.3 is 6.03 Å². The zero-order valence-corrected chi connectivity index (χ0v) is 9.74. The Kier molecular flexibility index (Phi) is 5.42. The number of hydrogen-bond donors (Lipinski definition) is 3. The molecule has 0 aromatic heterocycles. The van der Waals surface area contributed by atoms with Crippen molar-refractivity contribution in [2.24, 2.45) is 0 Å². The number of amides is 2. The second-order valence-electron chi connectivity index (χ2n) is 3.70. The Morgan fingerprint density at radius 2 is 2.18 bits per heavy atom.